The van der Waals surface area contributed by atoms with Crippen LogP contribution in [-0.4, -0.2) is 65.1 Å². The first kappa shape index (κ1) is 25.3. The Morgan fingerprint density at radius 2 is 1.95 bits per heavy atom. The Hall–Kier alpha value is -3.38. The summed E-state index contributed by atoms with van der Waals surface area (Å²) < 4.78 is 44.2. The predicted molar refractivity (Wildman–Crippen MR) is 126 cm³/mol. The third-order valence-corrected chi connectivity index (χ3v) is 6.50. The largest absolute Gasteiger partial charge is 0.467 e. The van der Waals surface area contributed by atoms with E-state index in [-0.39, 0.29) is 11.6 Å². The molecule has 0 saturated carbocycles. The summed E-state index contributed by atoms with van der Waals surface area (Å²) in [6.07, 6.45) is -3.12. The normalized spacial score (nSPS) is 27.2. The SMILES string of the molecule is COC(=O)[C@@H]1O[C@@H]2CO[C@H](c3ccccc3)O[C@@H]2[C@H](n2cc(-c3ccc(Cl)c(F)c3)nn2)[C@H]1OC(C)=O. The number of hydrogen-bond donors (Lipinski definition) is 0. The van der Waals surface area contributed by atoms with Gasteiger partial charge in [0.2, 0.25) is 0 Å². The summed E-state index contributed by atoms with van der Waals surface area (Å²) in [6, 6.07) is 12.7. The van der Waals surface area contributed by atoms with Gasteiger partial charge in [-0.3, -0.25) is 4.79 Å². The molecule has 0 N–H and O–H groups in total. The Bertz CT molecular complexity index is 1290. The zero-order valence-electron chi connectivity index (χ0n) is 19.8. The number of carbonyl (C=O) groups is 2. The molecule has 37 heavy (non-hydrogen) atoms. The van der Waals surface area contributed by atoms with E-state index in [1.165, 1.54) is 30.8 Å². The molecule has 12 heteroatoms. The molecular formula is C25H23ClFN3O7. The number of nitrogens with zero attached hydrogens (tertiary/aromatic N) is 3. The van der Waals surface area contributed by atoms with Gasteiger partial charge in [-0.2, -0.15) is 0 Å². The van der Waals surface area contributed by atoms with Crippen molar-refractivity contribution in [3.05, 3.63) is 71.1 Å². The van der Waals surface area contributed by atoms with Crippen molar-refractivity contribution in [3.8, 4) is 11.3 Å². The van der Waals surface area contributed by atoms with E-state index in [4.69, 9.17) is 35.3 Å². The van der Waals surface area contributed by atoms with Crippen molar-refractivity contribution >= 4 is 23.5 Å². The number of aromatic nitrogens is 3. The van der Waals surface area contributed by atoms with Gasteiger partial charge in [0.15, 0.2) is 18.5 Å². The number of carbonyl (C=O) groups excluding carboxylic acids is 2. The standard InChI is InChI=1S/C25H23ClFN3O7/c1-13(31)35-22-20(30-11-18(28-29-30)15-8-9-16(26)17(27)10-15)21-19(36-23(22)24(32)33-2)12-34-25(37-21)14-6-4-3-5-7-14/h3-11,19-23,25H,12H2,1-2H3/t19-,20+,21+,22-,23-,25+/m1/s1. The van der Waals surface area contributed by atoms with Crippen LogP contribution in [0.3, 0.4) is 0 Å². The molecule has 2 aliphatic heterocycles. The Morgan fingerprint density at radius 3 is 2.65 bits per heavy atom. The highest BCUT2D eigenvalue weighted by molar-refractivity contribution is 6.30. The predicted octanol–water partition coefficient (Wildman–Crippen LogP) is 3.27. The van der Waals surface area contributed by atoms with E-state index in [2.05, 4.69) is 10.3 Å². The average molecular weight is 532 g/mol. The van der Waals surface area contributed by atoms with Gasteiger partial charge >= 0.3 is 11.9 Å². The Balaban J connectivity index is 1.55. The second-order valence-electron chi connectivity index (χ2n) is 8.57. The van der Waals surface area contributed by atoms with E-state index in [9.17, 15) is 14.0 Å². The first-order valence-corrected chi connectivity index (χ1v) is 11.8. The molecule has 5 rings (SSSR count). The smallest absolute Gasteiger partial charge is 0.339 e. The molecule has 10 nitrogen and oxygen atoms in total. The van der Waals surface area contributed by atoms with E-state index in [0.717, 1.165) is 5.56 Å². The van der Waals surface area contributed by atoms with Crippen molar-refractivity contribution in [3.63, 3.8) is 0 Å². The molecule has 0 spiro atoms. The summed E-state index contributed by atoms with van der Waals surface area (Å²) in [5, 5.41) is 8.37. The summed E-state index contributed by atoms with van der Waals surface area (Å²) in [5.74, 6) is -1.99. The van der Waals surface area contributed by atoms with Crippen molar-refractivity contribution in [1.82, 2.24) is 15.0 Å². The maximum Gasteiger partial charge on any atom is 0.339 e. The van der Waals surface area contributed by atoms with Gasteiger partial charge in [0, 0.05) is 18.1 Å². The minimum Gasteiger partial charge on any atom is -0.467 e. The van der Waals surface area contributed by atoms with Crippen LogP contribution in [-0.2, 0) is 33.3 Å². The number of hydrogen-bond acceptors (Lipinski definition) is 9. The molecule has 2 saturated heterocycles. The molecule has 0 bridgehead atoms. The number of fused-ring (bicyclic) bond motifs is 1. The summed E-state index contributed by atoms with van der Waals surface area (Å²) in [5.41, 5.74) is 1.54. The van der Waals surface area contributed by atoms with Crippen molar-refractivity contribution in [1.29, 1.82) is 0 Å². The Labute approximate surface area is 216 Å². The number of benzene rings is 2. The third kappa shape index (κ3) is 5.08. The lowest BCUT2D eigenvalue weighted by atomic mass is 9.91. The van der Waals surface area contributed by atoms with Gasteiger partial charge in [-0.15, -0.1) is 5.10 Å². The highest BCUT2D eigenvalue weighted by Gasteiger charge is 2.55. The van der Waals surface area contributed by atoms with Crippen LogP contribution >= 0.6 is 11.6 Å². The third-order valence-electron chi connectivity index (χ3n) is 6.19. The van der Waals surface area contributed by atoms with E-state index in [1.807, 2.05) is 30.3 Å². The zero-order valence-corrected chi connectivity index (χ0v) is 20.6. The zero-order chi connectivity index (χ0) is 26.1. The number of halogens is 2. The number of esters is 2. The lowest BCUT2D eigenvalue weighted by molar-refractivity contribution is -0.315. The summed E-state index contributed by atoms with van der Waals surface area (Å²) in [6.45, 7) is 1.31. The van der Waals surface area contributed by atoms with Crippen molar-refractivity contribution < 1.29 is 37.7 Å². The maximum atomic E-state index is 14.1. The van der Waals surface area contributed by atoms with Gasteiger partial charge in [-0.1, -0.05) is 53.2 Å². The van der Waals surface area contributed by atoms with E-state index < -0.39 is 54.5 Å². The Morgan fingerprint density at radius 1 is 1.16 bits per heavy atom. The molecule has 6 atom stereocenters. The van der Waals surface area contributed by atoms with Crippen LogP contribution in [0.2, 0.25) is 5.02 Å². The average Bonchev–Trinajstić information content (AvgIpc) is 3.39. The second-order valence-corrected chi connectivity index (χ2v) is 8.98. The minimum absolute atomic E-state index is 0.0261. The molecule has 0 radical (unpaired) electrons. The monoisotopic (exact) mass is 531 g/mol. The van der Waals surface area contributed by atoms with Gasteiger partial charge in [0.1, 0.15) is 29.8 Å². The molecule has 2 aliphatic rings. The van der Waals surface area contributed by atoms with Crippen LogP contribution in [0.4, 0.5) is 4.39 Å². The molecule has 0 amide bonds. The molecule has 1 aromatic heterocycles. The topological polar surface area (TPSA) is 111 Å². The Kier molecular flexibility index (Phi) is 7.20. The highest BCUT2D eigenvalue weighted by atomic mass is 35.5. The van der Waals surface area contributed by atoms with Crippen molar-refractivity contribution in [2.75, 3.05) is 13.7 Å². The van der Waals surface area contributed by atoms with Crippen molar-refractivity contribution in [2.45, 2.75) is 43.7 Å². The fourth-order valence-electron chi connectivity index (χ4n) is 4.52. The molecular weight excluding hydrogens is 509 g/mol. The lowest BCUT2D eigenvalue weighted by Crippen LogP contribution is -2.62. The van der Waals surface area contributed by atoms with Gasteiger partial charge in [-0.05, 0) is 12.1 Å². The number of methoxy groups -OCH3 is 1. The molecule has 2 aromatic carbocycles. The van der Waals surface area contributed by atoms with Crippen LogP contribution in [0.15, 0.2) is 54.7 Å². The molecule has 3 heterocycles. The fourth-order valence-corrected chi connectivity index (χ4v) is 4.64. The van der Waals surface area contributed by atoms with E-state index in [0.29, 0.717) is 11.3 Å². The van der Waals surface area contributed by atoms with Gasteiger partial charge < -0.3 is 23.7 Å². The molecule has 3 aromatic rings. The minimum atomic E-state index is -1.28. The lowest BCUT2D eigenvalue weighted by Gasteiger charge is -2.48. The second kappa shape index (κ2) is 10.5. The van der Waals surface area contributed by atoms with Gasteiger partial charge in [0.25, 0.3) is 0 Å². The number of rotatable bonds is 5. The van der Waals surface area contributed by atoms with Crippen molar-refractivity contribution in [2.24, 2.45) is 0 Å². The fraction of sp³-hybridized carbons (Fsp3) is 0.360. The number of ether oxygens (including phenoxy) is 5. The van der Waals surface area contributed by atoms with Crippen LogP contribution in [0.25, 0.3) is 11.3 Å². The van der Waals surface area contributed by atoms with E-state index in [1.54, 1.807) is 12.3 Å². The van der Waals surface area contributed by atoms with Crippen LogP contribution in [0.1, 0.15) is 24.8 Å². The van der Waals surface area contributed by atoms with Gasteiger partial charge in [-0.25, -0.2) is 13.9 Å². The molecule has 0 aliphatic carbocycles. The first-order chi connectivity index (χ1) is 17.9. The summed E-state index contributed by atoms with van der Waals surface area (Å²) in [7, 11) is 1.21. The first-order valence-electron chi connectivity index (χ1n) is 11.5. The molecule has 194 valence electrons. The van der Waals surface area contributed by atoms with Crippen LogP contribution in [0, 0.1) is 5.82 Å². The quantitative estimate of drug-likeness (QED) is 0.458. The highest BCUT2D eigenvalue weighted by Crippen LogP contribution is 2.41. The summed E-state index contributed by atoms with van der Waals surface area (Å²) >= 11 is 5.81. The molecule has 0 unspecified atom stereocenters. The van der Waals surface area contributed by atoms with Gasteiger partial charge in [0.05, 0.1) is 24.9 Å². The molecule has 2 fully saturated rings. The summed E-state index contributed by atoms with van der Waals surface area (Å²) in [4.78, 5) is 24.8. The maximum absolute atomic E-state index is 14.1. The van der Waals surface area contributed by atoms with E-state index >= 15 is 0 Å². The van der Waals surface area contributed by atoms with Crippen LogP contribution < -0.4 is 0 Å². The van der Waals surface area contributed by atoms with Crippen LogP contribution in [0.5, 0.6) is 0 Å².